The van der Waals surface area contributed by atoms with Crippen molar-refractivity contribution in [2.45, 2.75) is 32.2 Å². The van der Waals surface area contributed by atoms with E-state index in [1.165, 1.54) is 12.8 Å². The van der Waals surface area contributed by atoms with Gasteiger partial charge in [-0.15, -0.1) is 12.4 Å². The molecule has 1 amide bonds. The Morgan fingerprint density at radius 3 is 2.75 bits per heavy atom. The van der Waals surface area contributed by atoms with Crippen molar-refractivity contribution in [1.29, 1.82) is 0 Å². The zero-order chi connectivity index (χ0) is 13.5. The fourth-order valence-corrected chi connectivity index (χ4v) is 2.33. The van der Waals surface area contributed by atoms with Crippen LogP contribution in [0.3, 0.4) is 0 Å². The molecule has 0 bridgehead atoms. The van der Waals surface area contributed by atoms with Gasteiger partial charge in [-0.3, -0.25) is 4.79 Å². The molecule has 20 heavy (non-hydrogen) atoms. The van der Waals surface area contributed by atoms with Gasteiger partial charge in [-0.1, -0.05) is 0 Å². The van der Waals surface area contributed by atoms with Crippen molar-refractivity contribution < 1.29 is 9.53 Å². The number of rotatable bonds is 6. The van der Waals surface area contributed by atoms with Crippen molar-refractivity contribution in [1.82, 2.24) is 10.6 Å². The summed E-state index contributed by atoms with van der Waals surface area (Å²) in [5.74, 6) is 0.787. The van der Waals surface area contributed by atoms with Crippen LogP contribution in [0.25, 0.3) is 0 Å². The van der Waals surface area contributed by atoms with E-state index in [2.05, 4.69) is 10.6 Å². The van der Waals surface area contributed by atoms with Crippen LogP contribution in [0.1, 0.15) is 36.5 Å². The molecular weight excluding hydrogens is 276 g/mol. The number of hydrogen-bond donors (Lipinski definition) is 2. The molecule has 4 nitrogen and oxygen atoms in total. The molecule has 0 spiro atoms. The summed E-state index contributed by atoms with van der Waals surface area (Å²) in [6.45, 7) is 4.42. The van der Waals surface area contributed by atoms with E-state index in [1.807, 2.05) is 19.1 Å². The number of amides is 1. The van der Waals surface area contributed by atoms with E-state index in [-0.39, 0.29) is 18.3 Å². The molecule has 1 aliphatic heterocycles. The second kappa shape index (κ2) is 8.82. The number of nitrogens with one attached hydrogen (secondary N) is 2. The lowest BCUT2D eigenvalue weighted by Crippen LogP contribution is -2.30. The number of carbonyl (C=O) groups is 1. The predicted octanol–water partition coefficient (Wildman–Crippen LogP) is 2.38. The second-order valence-electron chi connectivity index (χ2n) is 4.80. The fourth-order valence-electron chi connectivity index (χ4n) is 2.33. The maximum Gasteiger partial charge on any atom is 0.251 e. The molecule has 1 aliphatic rings. The Bertz CT molecular complexity index is 403. The molecule has 0 aromatic heterocycles. The normalized spacial score (nSPS) is 17.4. The lowest BCUT2D eigenvalue weighted by molar-refractivity contribution is 0.0952. The first-order valence-electron chi connectivity index (χ1n) is 7.04. The molecule has 2 N–H and O–H groups in total. The average molecular weight is 299 g/mol. The first kappa shape index (κ1) is 16.8. The van der Waals surface area contributed by atoms with Gasteiger partial charge in [0.25, 0.3) is 5.91 Å². The van der Waals surface area contributed by atoms with Crippen LogP contribution in [0.15, 0.2) is 24.3 Å². The SMILES string of the molecule is CCOc1ccc(C(=O)NCC[C@H]2CCCN2)cc1.Cl. The molecule has 1 atom stereocenters. The van der Waals surface area contributed by atoms with Crippen LogP contribution < -0.4 is 15.4 Å². The highest BCUT2D eigenvalue weighted by molar-refractivity contribution is 5.94. The molecule has 112 valence electrons. The number of carbonyl (C=O) groups excluding carboxylic acids is 1. The highest BCUT2D eigenvalue weighted by Crippen LogP contribution is 2.12. The van der Waals surface area contributed by atoms with Crippen molar-refractivity contribution in [3.63, 3.8) is 0 Å². The van der Waals surface area contributed by atoms with Gasteiger partial charge in [0.2, 0.25) is 0 Å². The highest BCUT2D eigenvalue weighted by Gasteiger charge is 2.13. The molecule has 0 unspecified atom stereocenters. The summed E-state index contributed by atoms with van der Waals surface area (Å²) < 4.78 is 5.35. The van der Waals surface area contributed by atoms with Crippen LogP contribution in [-0.2, 0) is 0 Å². The van der Waals surface area contributed by atoms with E-state index in [0.29, 0.717) is 18.2 Å². The van der Waals surface area contributed by atoms with Crippen LogP contribution in [0.4, 0.5) is 0 Å². The molecule has 0 aliphatic carbocycles. The summed E-state index contributed by atoms with van der Waals surface area (Å²) in [6, 6.07) is 7.83. The minimum Gasteiger partial charge on any atom is -0.494 e. The van der Waals surface area contributed by atoms with Crippen molar-refractivity contribution in [2.75, 3.05) is 19.7 Å². The number of benzene rings is 1. The monoisotopic (exact) mass is 298 g/mol. The van der Waals surface area contributed by atoms with E-state index < -0.39 is 0 Å². The van der Waals surface area contributed by atoms with Gasteiger partial charge in [-0.2, -0.15) is 0 Å². The van der Waals surface area contributed by atoms with Crippen LogP contribution in [0.2, 0.25) is 0 Å². The first-order valence-corrected chi connectivity index (χ1v) is 7.04. The van der Waals surface area contributed by atoms with E-state index in [0.717, 1.165) is 25.3 Å². The summed E-state index contributed by atoms with van der Waals surface area (Å²) in [4.78, 5) is 11.9. The van der Waals surface area contributed by atoms with Crippen molar-refractivity contribution in [3.8, 4) is 5.75 Å². The van der Waals surface area contributed by atoms with Crippen LogP contribution in [0.5, 0.6) is 5.75 Å². The lowest BCUT2D eigenvalue weighted by atomic mass is 10.1. The first-order chi connectivity index (χ1) is 9.29. The van der Waals surface area contributed by atoms with E-state index >= 15 is 0 Å². The Balaban J connectivity index is 0.00000200. The Labute approximate surface area is 126 Å². The van der Waals surface area contributed by atoms with Gasteiger partial charge in [0, 0.05) is 18.2 Å². The molecule has 1 aromatic rings. The average Bonchev–Trinajstić information content (AvgIpc) is 2.93. The van der Waals surface area contributed by atoms with Gasteiger partial charge in [0.05, 0.1) is 6.61 Å². The van der Waals surface area contributed by atoms with Crippen molar-refractivity contribution in [3.05, 3.63) is 29.8 Å². The van der Waals surface area contributed by atoms with Crippen molar-refractivity contribution >= 4 is 18.3 Å². The predicted molar refractivity (Wildman–Crippen MR) is 82.8 cm³/mol. The zero-order valence-corrected chi connectivity index (χ0v) is 12.7. The van der Waals surface area contributed by atoms with Gasteiger partial charge in [0.15, 0.2) is 0 Å². The summed E-state index contributed by atoms with van der Waals surface area (Å²) in [5.41, 5.74) is 0.683. The summed E-state index contributed by atoms with van der Waals surface area (Å²) in [5, 5.41) is 6.38. The van der Waals surface area contributed by atoms with Gasteiger partial charge < -0.3 is 15.4 Å². The van der Waals surface area contributed by atoms with E-state index in [9.17, 15) is 4.79 Å². The second-order valence-corrected chi connectivity index (χ2v) is 4.80. The number of hydrogen-bond acceptors (Lipinski definition) is 3. The van der Waals surface area contributed by atoms with E-state index in [4.69, 9.17) is 4.74 Å². The van der Waals surface area contributed by atoms with Gasteiger partial charge >= 0.3 is 0 Å². The molecule has 0 radical (unpaired) electrons. The van der Waals surface area contributed by atoms with Crippen LogP contribution in [0, 0.1) is 0 Å². The fraction of sp³-hybridized carbons (Fsp3) is 0.533. The Morgan fingerprint density at radius 1 is 1.40 bits per heavy atom. The van der Waals surface area contributed by atoms with Gasteiger partial charge in [-0.05, 0) is 57.0 Å². The molecule has 1 aromatic carbocycles. The molecule has 1 fully saturated rings. The highest BCUT2D eigenvalue weighted by atomic mass is 35.5. The molecular formula is C15H23ClN2O2. The summed E-state index contributed by atoms with van der Waals surface area (Å²) >= 11 is 0. The third-order valence-electron chi connectivity index (χ3n) is 3.37. The lowest BCUT2D eigenvalue weighted by Gasteiger charge is -2.11. The summed E-state index contributed by atoms with van der Waals surface area (Å²) in [6.07, 6.45) is 3.47. The van der Waals surface area contributed by atoms with Crippen molar-refractivity contribution in [2.24, 2.45) is 0 Å². The Kier molecular flexibility index (Phi) is 7.41. The Morgan fingerprint density at radius 2 is 2.15 bits per heavy atom. The maximum absolute atomic E-state index is 11.9. The molecule has 0 saturated carbocycles. The largest absolute Gasteiger partial charge is 0.494 e. The van der Waals surface area contributed by atoms with Crippen LogP contribution >= 0.6 is 12.4 Å². The molecule has 5 heteroatoms. The minimum atomic E-state index is -0.0129. The standard InChI is InChI=1S/C15H22N2O2.ClH/c1-2-19-14-7-5-12(6-8-14)15(18)17-11-9-13-4-3-10-16-13;/h5-8,13,16H,2-4,9-11H2,1H3,(H,17,18);1H/t13-;/m1./s1. The van der Waals surface area contributed by atoms with E-state index in [1.54, 1.807) is 12.1 Å². The minimum absolute atomic E-state index is 0. The molecule has 2 rings (SSSR count). The zero-order valence-electron chi connectivity index (χ0n) is 11.9. The Hall–Kier alpha value is -1.26. The third kappa shape index (κ3) is 5.02. The third-order valence-corrected chi connectivity index (χ3v) is 3.37. The number of halogens is 1. The maximum atomic E-state index is 11.9. The molecule has 1 saturated heterocycles. The van der Waals surface area contributed by atoms with Gasteiger partial charge in [0.1, 0.15) is 5.75 Å². The topological polar surface area (TPSA) is 50.4 Å². The smallest absolute Gasteiger partial charge is 0.251 e. The summed E-state index contributed by atoms with van der Waals surface area (Å²) in [7, 11) is 0. The molecule has 1 heterocycles. The quantitative estimate of drug-likeness (QED) is 0.848. The number of ether oxygens (including phenoxy) is 1. The van der Waals surface area contributed by atoms with Crippen LogP contribution in [-0.4, -0.2) is 31.6 Å². The van der Waals surface area contributed by atoms with Gasteiger partial charge in [-0.25, -0.2) is 0 Å².